The molecule has 0 aromatic carbocycles. The Morgan fingerprint density at radius 3 is 3.12 bits per heavy atom. The zero-order valence-electron chi connectivity index (χ0n) is 5.61. The van der Waals surface area contributed by atoms with Crippen molar-refractivity contribution in [3.05, 3.63) is 0 Å². The molecule has 0 saturated carbocycles. The Labute approximate surface area is 51.5 Å². The molecule has 48 valence electrons. The van der Waals surface area contributed by atoms with Gasteiger partial charge in [0, 0.05) is 0 Å². The summed E-state index contributed by atoms with van der Waals surface area (Å²) in [6.45, 7) is 4.79. The monoisotopic (exact) mass is 113 g/mol. The normalized spacial score (nSPS) is 31.9. The van der Waals surface area contributed by atoms with E-state index in [9.17, 15) is 0 Å². The molecule has 1 N–H and O–H groups in total. The third-order valence-electron chi connectivity index (χ3n) is 1.79. The topological polar surface area (TPSA) is 12.0 Å². The summed E-state index contributed by atoms with van der Waals surface area (Å²) in [6.07, 6.45) is 4.23. The van der Waals surface area contributed by atoms with Gasteiger partial charge in [-0.15, -0.1) is 0 Å². The minimum absolute atomic E-state index is 0.914. The molecule has 0 aromatic heterocycles. The molecule has 0 unspecified atom stereocenters. The van der Waals surface area contributed by atoms with Crippen LogP contribution in [0.1, 0.15) is 26.2 Å². The molecule has 0 amide bonds. The summed E-state index contributed by atoms with van der Waals surface area (Å²) in [6, 6.07) is 0. The van der Waals surface area contributed by atoms with Crippen molar-refractivity contribution in [1.82, 2.24) is 5.32 Å². The highest BCUT2D eigenvalue weighted by atomic mass is 14.9. The molecular weight excluding hydrogens is 98.1 g/mol. The Balaban J connectivity index is 2.17. The van der Waals surface area contributed by atoms with E-state index in [4.69, 9.17) is 0 Å². The smallest absolute Gasteiger partial charge is 0.00232 e. The van der Waals surface area contributed by atoms with Gasteiger partial charge in [0.2, 0.25) is 0 Å². The van der Waals surface area contributed by atoms with Crippen LogP contribution in [-0.2, 0) is 0 Å². The number of hydrogen-bond donors (Lipinski definition) is 1. The van der Waals surface area contributed by atoms with E-state index in [2.05, 4.69) is 12.2 Å². The van der Waals surface area contributed by atoms with Gasteiger partial charge >= 0.3 is 0 Å². The van der Waals surface area contributed by atoms with Gasteiger partial charge in [-0.05, 0) is 31.8 Å². The molecule has 8 heavy (non-hydrogen) atoms. The van der Waals surface area contributed by atoms with Crippen LogP contribution in [-0.4, -0.2) is 13.1 Å². The van der Waals surface area contributed by atoms with Crippen molar-refractivity contribution in [1.29, 1.82) is 0 Å². The lowest BCUT2D eigenvalue weighted by Crippen LogP contribution is -2.18. The summed E-state index contributed by atoms with van der Waals surface area (Å²) < 4.78 is 0. The van der Waals surface area contributed by atoms with Gasteiger partial charge in [0.1, 0.15) is 0 Å². The second-order valence-electron chi connectivity index (χ2n) is 2.81. The van der Waals surface area contributed by atoms with Crippen molar-refractivity contribution in [2.24, 2.45) is 5.92 Å². The van der Waals surface area contributed by atoms with Gasteiger partial charge in [0.25, 0.3) is 0 Å². The molecule has 1 fully saturated rings. The van der Waals surface area contributed by atoms with E-state index < -0.39 is 0 Å². The maximum absolute atomic E-state index is 3.40. The number of nitrogens with one attached hydrogen (secondary N) is 1. The molecular formula is C7H15N. The lowest BCUT2D eigenvalue weighted by Gasteiger charge is -2.03. The highest BCUT2D eigenvalue weighted by Crippen LogP contribution is 2.08. The molecule has 0 aliphatic carbocycles. The minimum Gasteiger partial charge on any atom is -0.316 e. The third kappa shape index (κ3) is 1.83. The first kappa shape index (κ1) is 6.09. The van der Waals surface area contributed by atoms with Crippen LogP contribution in [0, 0.1) is 5.92 Å². The Kier molecular flexibility index (Phi) is 2.34. The van der Waals surface area contributed by atoms with Gasteiger partial charge in [-0.3, -0.25) is 0 Å². The first-order valence-electron chi connectivity index (χ1n) is 3.60. The number of rotatable bonds is 0. The highest BCUT2D eigenvalue weighted by Gasteiger charge is 2.04. The van der Waals surface area contributed by atoms with E-state index in [-0.39, 0.29) is 0 Å². The van der Waals surface area contributed by atoms with Crippen molar-refractivity contribution in [2.75, 3.05) is 13.1 Å². The maximum Gasteiger partial charge on any atom is -0.00232 e. The first-order chi connectivity index (χ1) is 3.89. The van der Waals surface area contributed by atoms with Gasteiger partial charge in [-0.25, -0.2) is 0 Å². The van der Waals surface area contributed by atoms with Crippen LogP contribution < -0.4 is 5.32 Å². The summed E-state index contributed by atoms with van der Waals surface area (Å²) in [4.78, 5) is 0. The molecule has 0 radical (unpaired) electrons. The van der Waals surface area contributed by atoms with Gasteiger partial charge in [0.05, 0.1) is 0 Å². The second-order valence-corrected chi connectivity index (χ2v) is 2.81. The average molecular weight is 113 g/mol. The Hall–Kier alpha value is -0.0400. The zero-order valence-corrected chi connectivity index (χ0v) is 5.61. The quantitative estimate of drug-likeness (QED) is 0.500. The predicted octanol–water partition coefficient (Wildman–Crippen LogP) is 1.40. The molecule has 1 atom stereocenters. The Morgan fingerprint density at radius 1 is 1.38 bits per heavy atom. The van der Waals surface area contributed by atoms with Gasteiger partial charge < -0.3 is 5.32 Å². The van der Waals surface area contributed by atoms with Crippen LogP contribution in [0.5, 0.6) is 0 Å². The fourth-order valence-corrected chi connectivity index (χ4v) is 1.19. The van der Waals surface area contributed by atoms with Crippen molar-refractivity contribution in [2.45, 2.75) is 26.2 Å². The summed E-state index contributed by atoms with van der Waals surface area (Å²) in [5.74, 6) is 0.914. The molecule has 1 saturated heterocycles. The highest BCUT2D eigenvalue weighted by molar-refractivity contribution is 4.62. The minimum atomic E-state index is 0.914. The average Bonchev–Trinajstić information content (AvgIpc) is 1.94. The van der Waals surface area contributed by atoms with Crippen molar-refractivity contribution in [3.63, 3.8) is 0 Å². The molecule has 1 rings (SSSR count). The first-order valence-corrected chi connectivity index (χ1v) is 3.60. The number of hydrogen-bond acceptors (Lipinski definition) is 1. The van der Waals surface area contributed by atoms with E-state index in [1.165, 1.54) is 32.4 Å². The molecule has 0 bridgehead atoms. The summed E-state index contributed by atoms with van der Waals surface area (Å²) in [7, 11) is 0. The zero-order chi connectivity index (χ0) is 5.82. The molecule has 1 nitrogen and oxygen atoms in total. The lowest BCUT2D eigenvalue weighted by atomic mass is 10.1. The third-order valence-corrected chi connectivity index (χ3v) is 1.79. The fraction of sp³-hybridized carbons (Fsp3) is 1.00. The largest absolute Gasteiger partial charge is 0.316 e. The van der Waals surface area contributed by atoms with Crippen LogP contribution in [0.2, 0.25) is 0 Å². The van der Waals surface area contributed by atoms with E-state index >= 15 is 0 Å². The summed E-state index contributed by atoms with van der Waals surface area (Å²) in [5, 5.41) is 3.40. The SMILES string of the molecule is C[C@@H]1CCCCNC1. The molecule has 1 aliphatic heterocycles. The van der Waals surface area contributed by atoms with Crippen LogP contribution in [0.3, 0.4) is 0 Å². The van der Waals surface area contributed by atoms with E-state index in [0.717, 1.165) is 5.92 Å². The lowest BCUT2D eigenvalue weighted by molar-refractivity contribution is 0.525. The van der Waals surface area contributed by atoms with E-state index in [1.54, 1.807) is 0 Å². The Bertz CT molecular complexity index is 53.4. The molecule has 1 heterocycles. The van der Waals surface area contributed by atoms with Crippen LogP contribution in [0.25, 0.3) is 0 Å². The molecule has 0 spiro atoms. The van der Waals surface area contributed by atoms with Gasteiger partial charge in [-0.2, -0.15) is 0 Å². The Morgan fingerprint density at radius 2 is 2.25 bits per heavy atom. The summed E-state index contributed by atoms with van der Waals surface area (Å²) >= 11 is 0. The van der Waals surface area contributed by atoms with Crippen LogP contribution in [0.4, 0.5) is 0 Å². The van der Waals surface area contributed by atoms with Crippen LogP contribution >= 0.6 is 0 Å². The standard InChI is InChI=1S/C7H15N/c1-7-4-2-3-5-8-6-7/h7-8H,2-6H2,1H3/t7-/m1/s1. The molecule has 0 aromatic rings. The summed E-state index contributed by atoms with van der Waals surface area (Å²) in [5.41, 5.74) is 0. The second kappa shape index (κ2) is 3.08. The fourth-order valence-electron chi connectivity index (χ4n) is 1.19. The molecule has 1 aliphatic rings. The van der Waals surface area contributed by atoms with Crippen LogP contribution in [0.15, 0.2) is 0 Å². The van der Waals surface area contributed by atoms with E-state index in [0.29, 0.717) is 0 Å². The van der Waals surface area contributed by atoms with Crippen molar-refractivity contribution < 1.29 is 0 Å². The van der Waals surface area contributed by atoms with Gasteiger partial charge in [0.15, 0.2) is 0 Å². The van der Waals surface area contributed by atoms with Gasteiger partial charge in [-0.1, -0.05) is 13.3 Å². The van der Waals surface area contributed by atoms with Crippen molar-refractivity contribution >= 4 is 0 Å². The molecule has 1 heteroatoms. The predicted molar refractivity (Wildman–Crippen MR) is 35.9 cm³/mol. The maximum atomic E-state index is 3.40. The van der Waals surface area contributed by atoms with E-state index in [1.807, 2.05) is 0 Å². The van der Waals surface area contributed by atoms with Crippen molar-refractivity contribution in [3.8, 4) is 0 Å².